The summed E-state index contributed by atoms with van der Waals surface area (Å²) in [4.78, 5) is 21.6. The number of halogens is 1. The zero-order valence-electron chi connectivity index (χ0n) is 12.8. The number of carbonyl (C=O) groups is 1. The van der Waals surface area contributed by atoms with Crippen molar-refractivity contribution < 1.29 is 18.1 Å². The minimum absolute atomic E-state index is 0.0355. The molecule has 0 radical (unpaired) electrons. The second-order valence-corrected chi connectivity index (χ2v) is 7.17. The van der Waals surface area contributed by atoms with Crippen LogP contribution in [-0.4, -0.2) is 25.8 Å². The largest absolute Gasteiger partial charge is 0.349 e. The number of carbonyl (C=O) groups excluding carboxylic acids is 1. The summed E-state index contributed by atoms with van der Waals surface area (Å²) in [5.41, 5.74) is -0.738. The topological polar surface area (TPSA) is 106 Å². The zero-order valence-corrected chi connectivity index (χ0v) is 14.4. The molecule has 1 N–H and O–H groups in total. The zero-order chi connectivity index (χ0) is 18.6. The summed E-state index contributed by atoms with van der Waals surface area (Å²) < 4.78 is 25.5. The molecule has 130 valence electrons. The van der Waals surface area contributed by atoms with Gasteiger partial charge in [0.15, 0.2) is 0 Å². The van der Waals surface area contributed by atoms with Crippen LogP contribution in [0.1, 0.15) is 10.4 Å². The molecule has 9 heteroatoms. The van der Waals surface area contributed by atoms with Gasteiger partial charge in [-0.15, -0.1) is 6.58 Å². The molecule has 0 saturated heterocycles. The molecule has 2 aromatic carbocycles. The Balaban J connectivity index is 2.59. The van der Waals surface area contributed by atoms with Crippen LogP contribution in [0.2, 0.25) is 5.02 Å². The minimum atomic E-state index is -4.23. The molecule has 0 spiro atoms. The molecule has 1 amide bonds. The molecule has 0 fully saturated rings. The highest BCUT2D eigenvalue weighted by molar-refractivity contribution is 7.91. The fraction of sp³-hybridized carbons (Fsp3) is 0.0625. The van der Waals surface area contributed by atoms with Gasteiger partial charge in [0.2, 0.25) is 9.84 Å². The summed E-state index contributed by atoms with van der Waals surface area (Å²) in [6.45, 7) is 3.62. The maximum absolute atomic E-state index is 12.7. The molecule has 0 heterocycles. The van der Waals surface area contributed by atoms with Crippen molar-refractivity contribution in [1.82, 2.24) is 5.32 Å². The Bertz CT molecular complexity index is 957. The summed E-state index contributed by atoms with van der Waals surface area (Å²) >= 11 is 5.91. The van der Waals surface area contributed by atoms with Gasteiger partial charge in [-0.1, -0.05) is 29.8 Å². The van der Waals surface area contributed by atoms with Gasteiger partial charge in [0, 0.05) is 18.2 Å². The maximum Gasteiger partial charge on any atom is 0.289 e. The number of hydrogen-bond acceptors (Lipinski definition) is 5. The van der Waals surface area contributed by atoms with Crippen LogP contribution in [0.15, 0.2) is 64.9 Å². The monoisotopic (exact) mass is 380 g/mol. The predicted molar refractivity (Wildman–Crippen MR) is 92.5 cm³/mol. The first kappa shape index (κ1) is 18.6. The van der Waals surface area contributed by atoms with Crippen molar-refractivity contribution in [2.45, 2.75) is 9.79 Å². The Morgan fingerprint density at radius 2 is 1.92 bits per heavy atom. The van der Waals surface area contributed by atoms with E-state index < -0.39 is 31.3 Å². The first-order chi connectivity index (χ1) is 11.8. The Labute approximate surface area is 149 Å². The number of benzene rings is 2. The standard InChI is InChI=1S/C16H13ClN2O5S/c1-2-9-18-16(20)11-7-8-15(13(10-11)19(21)22)25(23,24)14-6-4-3-5-12(14)17/h2-8,10H,1,9H2,(H,18,20). The minimum Gasteiger partial charge on any atom is -0.349 e. The van der Waals surface area contributed by atoms with Crippen LogP contribution in [-0.2, 0) is 9.84 Å². The maximum atomic E-state index is 12.7. The van der Waals surface area contributed by atoms with Crippen LogP contribution in [0.5, 0.6) is 0 Å². The summed E-state index contributed by atoms with van der Waals surface area (Å²) in [6, 6.07) is 8.78. The van der Waals surface area contributed by atoms with Crippen molar-refractivity contribution in [1.29, 1.82) is 0 Å². The summed E-state index contributed by atoms with van der Waals surface area (Å²) in [7, 11) is -4.23. The molecule has 0 atom stereocenters. The fourth-order valence-electron chi connectivity index (χ4n) is 2.08. The molecule has 2 rings (SSSR count). The molecule has 0 aliphatic rings. The highest BCUT2D eigenvalue weighted by atomic mass is 35.5. The molecule has 0 aromatic heterocycles. The normalized spacial score (nSPS) is 10.9. The van der Waals surface area contributed by atoms with Crippen molar-refractivity contribution in [2.24, 2.45) is 0 Å². The Kier molecular flexibility index (Phi) is 5.55. The van der Waals surface area contributed by atoms with Gasteiger partial charge in [0.1, 0.15) is 4.90 Å². The lowest BCUT2D eigenvalue weighted by molar-refractivity contribution is -0.387. The molecule has 25 heavy (non-hydrogen) atoms. The predicted octanol–water partition coefficient (Wildman–Crippen LogP) is 3.00. The molecule has 0 unspecified atom stereocenters. The lowest BCUT2D eigenvalue weighted by Gasteiger charge is -2.09. The van der Waals surface area contributed by atoms with E-state index in [0.717, 1.165) is 12.1 Å². The van der Waals surface area contributed by atoms with E-state index in [1.165, 1.54) is 30.3 Å². The van der Waals surface area contributed by atoms with Gasteiger partial charge < -0.3 is 5.32 Å². The van der Waals surface area contributed by atoms with E-state index in [9.17, 15) is 23.3 Å². The van der Waals surface area contributed by atoms with E-state index in [4.69, 9.17) is 11.6 Å². The average Bonchev–Trinajstić information content (AvgIpc) is 2.59. The highest BCUT2D eigenvalue weighted by Gasteiger charge is 2.30. The number of nitro groups is 1. The van der Waals surface area contributed by atoms with Crippen LogP contribution < -0.4 is 5.32 Å². The number of nitrogens with one attached hydrogen (secondary N) is 1. The number of hydrogen-bond donors (Lipinski definition) is 1. The molecular formula is C16H13ClN2O5S. The van der Waals surface area contributed by atoms with Gasteiger partial charge in [0.25, 0.3) is 11.6 Å². The molecule has 0 bridgehead atoms. The summed E-state index contributed by atoms with van der Waals surface area (Å²) in [6.07, 6.45) is 1.45. The van der Waals surface area contributed by atoms with Crippen LogP contribution in [0.25, 0.3) is 0 Å². The highest BCUT2D eigenvalue weighted by Crippen LogP contribution is 2.33. The van der Waals surface area contributed by atoms with Gasteiger partial charge >= 0.3 is 0 Å². The molecule has 0 aliphatic carbocycles. The number of nitro benzene ring substituents is 1. The lowest BCUT2D eigenvalue weighted by atomic mass is 10.2. The number of rotatable bonds is 6. The Morgan fingerprint density at radius 3 is 2.52 bits per heavy atom. The fourth-order valence-corrected chi connectivity index (χ4v) is 3.99. The number of nitrogens with zero attached hydrogens (tertiary/aromatic N) is 1. The van der Waals surface area contributed by atoms with E-state index in [1.807, 2.05) is 0 Å². The molecule has 0 saturated carbocycles. The van der Waals surface area contributed by atoms with E-state index in [2.05, 4.69) is 11.9 Å². The quantitative estimate of drug-likeness (QED) is 0.471. The van der Waals surface area contributed by atoms with Crippen molar-refractivity contribution in [2.75, 3.05) is 6.54 Å². The van der Waals surface area contributed by atoms with E-state index in [-0.39, 0.29) is 22.0 Å². The second kappa shape index (κ2) is 7.45. The smallest absolute Gasteiger partial charge is 0.289 e. The van der Waals surface area contributed by atoms with Gasteiger partial charge in [0.05, 0.1) is 14.8 Å². The number of sulfone groups is 1. The van der Waals surface area contributed by atoms with Gasteiger partial charge in [-0.25, -0.2) is 8.42 Å². The van der Waals surface area contributed by atoms with Gasteiger partial charge in [-0.2, -0.15) is 0 Å². The first-order valence-electron chi connectivity index (χ1n) is 6.96. The van der Waals surface area contributed by atoms with Crippen LogP contribution >= 0.6 is 11.6 Å². The van der Waals surface area contributed by atoms with E-state index in [0.29, 0.717) is 0 Å². The van der Waals surface area contributed by atoms with Crippen molar-refractivity contribution in [3.63, 3.8) is 0 Å². The van der Waals surface area contributed by atoms with Gasteiger partial charge in [-0.05, 0) is 24.3 Å². The SMILES string of the molecule is C=CCNC(=O)c1ccc(S(=O)(=O)c2ccccc2Cl)c([N+](=O)[O-])c1. The Hall–Kier alpha value is -2.71. The third-order valence-corrected chi connectivity index (χ3v) is 5.54. The van der Waals surface area contributed by atoms with E-state index in [1.54, 1.807) is 6.07 Å². The van der Waals surface area contributed by atoms with Crippen LogP contribution in [0.3, 0.4) is 0 Å². The lowest BCUT2D eigenvalue weighted by Crippen LogP contribution is -2.23. The molecule has 0 aliphatic heterocycles. The Morgan fingerprint density at radius 1 is 1.24 bits per heavy atom. The molecule has 2 aromatic rings. The van der Waals surface area contributed by atoms with Crippen LogP contribution in [0, 0.1) is 10.1 Å². The van der Waals surface area contributed by atoms with Crippen LogP contribution in [0.4, 0.5) is 5.69 Å². The average molecular weight is 381 g/mol. The van der Waals surface area contributed by atoms with Crippen molar-refractivity contribution in [3.05, 3.63) is 75.8 Å². The van der Waals surface area contributed by atoms with E-state index >= 15 is 0 Å². The van der Waals surface area contributed by atoms with Crippen molar-refractivity contribution in [3.8, 4) is 0 Å². The molecular weight excluding hydrogens is 368 g/mol. The third kappa shape index (κ3) is 3.86. The van der Waals surface area contributed by atoms with Gasteiger partial charge in [-0.3, -0.25) is 14.9 Å². The second-order valence-electron chi connectivity index (χ2n) is 4.87. The molecule has 7 nitrogen and oxygen atoms in total. The first-order valence-corrected chi connectivity index (χ1v) is 8.82. The third-order valence-electron chi connectivity index (χ3n) is 3.24. The number of amides is 1. The van der Waals surface area contributed by atoms with Crippen molar-refractivity contribution >= 4 is 33.0 Å². The summed E-state index contributed by atoms with van der Waals surface area (Å²) in [5.74, 6) is -0.579. The summed E-state index contributed by atoms with van der Waals surface area (Å²) in [5, 5.41) is 13.7.